The van der Waals surface area contributed by atoms with E-state index in [1.165, 1.54) is 0 Å². The molecule has 110 valence electrons. The molecule has 4 nitrogen and oxygen atoms in total. The third-order valence-electron chi connectivity index (χ3n) is 3.21. The van der Waals surface area contributed by atoms with Crippen LogP contribution in [-0.2, 0) is 21.1 Å². The Morgan fingerprint density at radius 3 is 2.55 bits per heavy atom. The number of ketones is 1. The van der Waals surface area contributed by atoms with E-state index in [2.05, 4.69) is 5.32 Å². The molecule has 1 aromatic rings. The molecule has 1 N–H and O–H groups in total. The highest BCUT2D eigenvalue weighted by Gasteiger charge is 2.26. The van der Waals surface area contributed by atoms with Gasteiger partial charge in [0.15, 0.2) is 9.84 Å². The molecule has 2 rings (SSSR count). The fraction of sp³-hybridized carbons (Fsp3) is 0.462. The number of rotatable bonds is 4. The van der Waals surface area contributed by atoms with Crippen LogP contribution in [-0.4, -0.2) is 38.3 Å². The average Bonchev–Trinajstić information content (AvgIpc) is 2.33. The fourth-order valence-electron chi connectivity index (χ4n) is 2.24. The first-order valence-corrected chi connectivity index (χ1v) is 8.83. The second-order valence-electron chi connectivity index (χ2n) is 4.89. The van der Waals surface area contributed by atoms with Crippen molar-refractivity contribution in [3.05, 3.63) is 33.8 Å². The molecule has 1 fully saturated rings. The van der Waals surface area contributed by atoms with Crippen LogP contribution in [0.5, 0.6) is 0 Å². The molecule has 1 aliphatic rings. The van der Waals surface area contributed by atoms with E-state index in [9.17, 15) is 13.2 Å². The molecule has 0 aliphatic carbocycles. The van der Waals surface area contributed by atoms with Crippen LogP contribution in [0.25, 0.3) is 0 Å². The van der Waals surface area contributed by atoms with Crippen LogP contribution in [0.1, 0.15) is 12.0 Å². The second kappa shape index (κ2) is 6.43. The largest absolute Gasteiger partial charge is 0.312 e. The third kappa shape index (κ3) is 4.19. The van der Waals surface area contributed by atoms with Gasteiger partial charge in [-0.25, -0.2) is 8.42 Å². The first-order chi connectivity index (χ1) is 9.37. The van der Waals surface area contributed by atoms with Crippen molar-refractivity contribution in [2.75, 3.05) is 18.1 Å². The second-order valence-corrected chi connectivity index (χ2v) is 7.93. The Morgan fingerprint density at radius 2 is 1.95 bits per heavy atom. The lowest BCUT2D eigenvalue weighted by molar-refractivity contribution is -0.118. The van der Waals surface area contributed by atoms with Crippen molar-refractivity contribution in [3.8, 4) is 0 Å². The van der Waals surface area contributed by atoms with E-state index in [1.807, 2.05) is 0 Å². The monoisotopic (exact) mass is 335 g/mol. The molecule has 1 aliphatic heterocycles. The maximum atomic E-state index is 12.0. The highest BCUT2D eigenvalue weighted by atomic mass is 35.5. The van der Waals surface area contributed by atoms with Crippen molar-refractivity contribution < 1.29 is 13.2 Å². The summed E-state index contributed by atoms with van der Waals surface area (Å²) in [6, 6.07) is 4.76. The number of halogens is 2. The molecule has 1 heterocycles. The van der Waals surface area contributed by atoms with E-state index in [4.69, 9.17) is 23.2 Å². The van der Waals surface area contributed by atoms with Crippen LogP contribution in [0, 0.1) is 0 Å². The summed E-state index contributed by atoms with van der Waals surface area (Å²) in [5.74, 6) is 0.0674. The molecule has 20 heavy (non-hydrogen) atoms. The highest BCUT2D eigenvalue weighted by molar-refractivity contribution is 7.91. The van der Waals surface area contributed by atoms with Gasteiger partial charge in [0.25, 0.3) is 0 Å². The molecule has 0 radical (unpaired) electrons. The SMILES string of the molecule is O=C(Cc1c(Cl)cccc1Cl)CC1CS(=O)(=O)CCN1. The minimum Gasteiger partial charge on any atom is -0.312 e. The third-order valence-corrected chi connectivity index (χ3v) is 5.66. The Balaban J connectivity index is 1.99. The zero-order valence-electron chi connectivity index (χ0n) is 10.7. The maximum Gasteiger partial charge on any atom is 0.153 e. The van der Waals surface area contributed by atoms with Gasteiger partial charge < -0.3 is 5.32 Å². The predicted molar refractivity (Wildman–Crippen MR) is 80.2 cm³/mol. The number of nitrogens with one attached hydrogen (secondary N) is 1. The van der Waals surface area contributed by atoms with Crippen molar-refractivity contribution in [1.29, 1.82) is 0 Å². The topological polar surface area (TPSA) is 63.2 Å². The van der Waals surface area contributed by atoms with Crippen LogP contribution < -0.4 is 5.32 Å². The van der Waals surface area contributed by atoms with Gasteiger partial charge in [0.1, 0.15) is 5.78 Å². The van der Waals surface area contributed by atoms with E-state index >= 15 is 0 Å². The standard InChI is InChI=1S/C13H15Cl2NO3S/c14-12-2-1-3-13(15)11(12)7-10(17)6-9-8-20(18,19)5-4-16-9/h1-3,9,16H,4-8H2. The zero-order chi connectivity index (χ0) is 14.8. The summed E-state index contributed by atoms with van der Waals surface area (Å²) in [7, 11) is -3.03. The van der Waals surface area contributed by atoms with E-state index < -0.39 is 9.84 Å². The summed E-state index contributed by atoms with van der Waals surface area (Å²) < 4.78 is 23.0. The molecule has 1 aromatic carbocycles. The molecule has 7 heteroatoms. The van der Waals surface area contributed by atoms with Gasteiger partial charge in [0, 0.05) is 35.5 Å². The number of sulfone groups is 1. The molecule has 1 saturated heterocycles. The number of hydrogen-bond donors (Lipinski definition) is 1. The minimum atomic E-state index is -3.03. The summed E-state index contributed by atoms with van der Waals surface area (Å²) >= 11 is 12.0. The number of carbonyl (C=O) groups excluding carboxylic acids is 1. The number of Topliss-reactive ketones (excluding diaryl/α,β-unsaturated/α-hetero) is 1. The molecule has 0 spiro atoms. The molecule has 0 bridgehead atoms. The first kappa shape index (κ1) is 15.8. The predicted octanol–water partition coefficient (Wildman–Crippen LogP) is 1.88. The maximum absolute atomic E-state index is 12.0. The van der Waals surface area contributed by atoms with E-state index in [1.54, 1.807) is 18.2 Å². The van der Waals surface area contributed by atoms with E-state index in [-0.39, 0.29) is 36.2 Å². The van der Waals surface area contributed by atoms with Crippen LogP contribution in [0.2, 0.25) is 10.0 Å². The molecule has 1 atom stereocenters. The van der Waals surface area contributed by atoms with Crippen molar-refractivity contribution in [1.82, 2.24) is 5.32 Å². The molecule has 0 aromatic heterocycles. The zero-order valence-corrected chi connectivity index (χ0v) is 13.1. The molecular weight excluding hydrogens is 321 g/mol. The summed E-state index contributed by atoms with van der Waals surface area (Å²) in [4.78, 5) is 12.0. The number of carbonyl (C=O) groups is 1. The minimum absolute atomic E-state index is 0.00892. The summed E-state index contributed by atoms with van der Waals surface area (Å²) in [5, 5.41) is 3.96. The van der Waals surface area contributed by atoms with Gasteiger partial charge in [-0.05, 0) is 17.7 Å². The Kier molecular flexibility index (Phi) is 5.07. The van der Waals surface area contributed by atoms with Crippen LogP contribution in [0.15, 0.2) is 18.2 Å². The molecule has 0 amide bonds. The first-order valence-electron chi connectivity index (χ1n) is 6.26. The van der Waals surface area contributed by atoms with Gasteiger partial charge in [-0.3, -0.25) is 4.79 Å². The highest BCUT2D eigenvalue weighted by Crippen LogP contribution is 2.25. The van der Waals surface area contributed by atoms with Gasteiger partial charge in [-0.15, -0.1) is 0 Å². The van der Waals surface area contributed by atoms with Crippen molar-refractivity contribution in [2.45, 2.75) is 18.9 Å². The Hall–Kier alpha value is -0.620. The van der Waals surface area contributed by atoms with Gasteiger partial charge in [0.2, 0.25) is 0 Å². The van der Waals surface area contributed by atoms with Crippen LogP contribution >= 0.6 is 23.2 Å². The van der Waals surface area contributed by atoms with E-state index in [0.29, 0.717) is 22.2 Å². The van der Waals surface area contributed by atoms with Crippen molar-refractivity contribution in [3.63, 3.8) is 0 Å². The quantitative estimate of drug-likeness (QED) is 0.912. The Morgan fingerprint density at radius 1 is 1.30 bits per heavy atom. The Bertz CT molecular complexity index is 596. The van der Waals surface area contributed by atoms with Gasteiger partial charge in [-0.1, -0.05) is 29.3 Å². The smallest absolute Gasteiger partial charge is 0.153 e. The fourth-order valence-corrected chi connectivity index (χ4v) is 4.22. The summed E-state index contributed by atoms with van der Waals surface area (Å²) in [6.45, 7) is 0.396. The van der Waals surface area contributed by atoms with Crippen molar-refractivity contribution in [2.24, 2.45) is 0 Å². The molecule has 0 saturated carbocycles. The van der Waals surface area contributed by atoms with E-state index in [0.717, 1.165) is 0 Å². The lowest BCUT2D eigenvalue weighted by atomic mass is 10.0. The summed E-state index contributed by atoms with van der Waals surface area (Å²) in [6.07, 6.45) is 0.289. The van der Waals surface area contributed by atoms with Crippen LogP contribution in [0.3, 0.4) is 0 Å². The normalized spacial score (nSPS) is 21.6. The lowest BCUT2D eigenvalue weighted by Crippen LogP contribution is -2.46. The van der Waals surface area contributed by atoms with Gasteiger partial charge in [0.05, 0.1) is 11.5 Å². The van der Waals surface area contributed by atoms with Crippen molar-refractivity contribution >= 4 is 38.8 Å². The van der Waals surface area contributed by atoms with Gasteiger partial charge in [-0.2, -0.15) is 0 Å². The Labute approximate surface area is 128 Å². The number of hydrogen-bond acceptors (Lipinski definition) is 4. The van der Waals surface area contributed by atoms with Gasteiger partial charge >= 0.3 is 0 Å². The number of benzene rings is 1. The lowest BCUT2D eigenvalue weighted by Gasteiger charge is -2.23. The molecular formula is C13H15Cl2NO3S. The van der Waals surface area contributed by atoms with Crippen LogP contribution in [0.4, 0.5) is 0 Å². The average molecular weight is 336 g/mol. The summed E-state index contributed by atoms with van der Waals surface area (Å²) in [5.41, 5.74) is 0.597. The molecule has 1 unspecified atom stereocenters.